The van der Waals surface area contributed by atoms with Gasteiger partial charge in [0, 0.05) is 0 Å². The fraction of sp³-hybridized carbons (Fsp3) is 1.00. The largest absolute Gasteiger partial charge is 0.394 e. The highest BCUT2D eigenvalue weighted by atomic mass is 16.6. The molecule has 7 unspecified atom stereocenters. The van der Waals surface area contributed by atoms with Crippen molar-refractivity contribution in [2.24, 2.45) is 0 Å². The Labute approximate surface area is 239 Å². The highest BCUT2D eigenvalue weighted by Gasteiger charge is 2.19. The van der Waals surface area contributed by atoms with E-state index in [0.29, 0.717) is 0 Å². The van der Waals surface area contributed by atoms with E-state index >= 15 is 0 Å². The summed E-state index contributed by atoms with van der Waals surface area (Å²) in [6, 6.07) is 0. The van der Waals surface area contributed by atoms with Crippen LogP contribution in [0.3, 0.4) is 0 Å². The molecule has 10 N–H and O–H groups in total. The summed E-state index contributed by atoms with van der Waals surface area (Å²) in [5, 5.41) is 92.5. The van der Waals surface area contributed by atoms with Crippen molar-refractivity contribution in [3.63, 3.8) is 0 Å². The van der Waals surface area contributed by atoms with Crippen molar-refractivity contribution in [2.45, 2.75) is 48.8 Å². The van der Waals surface area contributed by atoms with Crippen molar-refractivity contribution in [1.82, 2.24) is 0 Å². The summed E-state index contributed by atoms with van der Waals surface area (Å²) in [6.45, 7) is -3.97. The Morgan fingerprint density at radius 1 is 0.293 bits per heavy atom. The number of aliphatic hydroxyl groups is 10. The summed E-state index contributed by atoms with van der Waals surface area (Å²) in [5.41, 5.74) is 0. The second-order valence-corrected chi connectivity index (χ2v) is 9.20. The van der Waals surface area contributed by atoms with Crippen molar-refractivity contribution >= 4 is 0 Å². The van der Waals surface area contributed by atoms with Gasteiger partial charge in [-0.1, -0.05) is 0 Å². The Hall–Kier alpha value is -0.680. The van der Waals surface area contributed by atoms with Gasteiger partial charge >= 0.3 is 0 Å². The molecule has 0 radical (unpaired) electrons. The van der Waals surface area contributed by atoms with Gasteiger partial charge in [0.2, 0.25) is 0 Å². The molecule has 0 bridgehead atoms. The highest BCUT2D eigenvalue weighted by Crippen LogP contribution is 2.05. The Kier molecular flexibility index (Phi) is 26.5. The summed E-state index contributed by atoms with van der Waals surface area (Å²) in [7, 11) is 0. The predicted octanol–water partition coefficient (Wildman–Crippen LogP) is -6.03. The van der Waals surface area contributed by atoms with E-state index in [0.717, 1.165) is 0 Å². The molecule has 0 rings (SSSR count). The Morgan fingerprint density at radius 3 is 0.707 bits per heavy atom. The topological polar surface area (TPSA) is 267 Å². The summed E-state index contributed by atoms with van der Waals surface area (Å²) in [5.74, 6) is 0. The van der Waals surface area contributed by atoms with Gasteiger partial charge in [-0.05, 0) is 0 Å². The molecule has 0 heterocycles. The molecule has 0 aliphatic rings. The molecule has 0 aromatic rings. The minimum Gasteiger partial charge on any atom is -0.394 e. The van der Waals surface area contributed by atoms with Crippen LogP contribution >= 0.6 is 0 Å². The van der Waals surface area contributed by atoms with Crippen LogP contribution < -0.4 is 0 Å². The van der Waals surface area contributed by atoms with E-state index in [1.165, 1.54) is 0 Å². The van der Waals surface area contributed by atoms with Crippen LogP contribution in [0, 0.1) is 0 Å². The van der Waals surface area contributed by atoms with E-state index in [4.69, 9.17) is 58.7 Å². The fourth-order valence-corrected chi connectivity index (χ4v) is 2.77. The molecule has 0 saturated carbocycles. The minimum absolute atomic E-state index is 0.0653. The lowest BCUT2D eigenvalue weighted by Crippen LogP contribution is -2.36. The van der Waals surface area contributed by atoms with Crippen LogP contribution in [0.2, 0.25) is 0 Å². The number of aliphatic hydroxyl groups excluding tert-OH is 10. The van der Waals surface area contributed by atoms with Gasteiger partial charge in [0.05, 0.1) is 106 Å². The Morgan fingerprint density at radius 2 is 0.488 bits per heavy atom. The summed E-state index contributed by atoms with van der Waals surface area (Å²) < 4.78 is 38.4. The van der Waals surface area contributed by atoms with E-state index in [2.05, 4.69) is 0 Å². The number of hydrogen-bond donors (Lipinski definition) is 10. The van der Waals surface area contributed by atoms with E-state index < -0.39 is 81.9 Å². The van der Waals surface area contributed by atoms with Gasteiger partial charge in [0.1, 0.15) is 48.8 Å². The van der Waals surface area contributed by atoms with Gasteiger partial charge in [0.15, 0.2) is 0 Å². The second-order valence-electron chi connectivity index (χ2n) is 9.20. The second kappa shape index (κ2) is 26.9. The molecule has 17 nitrogen and oxygen atoms in total. The van der Waals surface area contributed by atoms with Crippen LogP contribution in [0.15, 0.2) is 0 Å². The standard InChI is InChI=1S/C24H50O17/c25-1-17(30)6-35-11-22(39-8-19(32)3-27)13-37-15-24(41-10-21(34)5-29)16-38-14-23(40-9-20(33)4-28)12-36-7-18(31)2-26/h17-34H,1-16H2. The highest BCUT2D eigenvalue weighted by molar-refractivity contribution is 4.65. The van der Waals surface area contributed by atoms with Crippen molar-refractivity contribution in [3.8, 4) is 0 Å². The zero-order chi connectivity index (χ0) is 30.9. The maximum Gasteiger partial charge on any atom is 0.104 e. The quantitative estimate of drug-likeness (QED) is 0.0362. The van der Waals surface area contributed by atoms with Crippen molar-refractivity contribution < 1.29 is 84.2 Å². The molecule has 248 valence electrons. The molecule has 0 aromatic heterocycles. The summed E-state index contributed by atoms with van der Waals surface area (Å²) in [4.78, 5) is 0. The molecule has 0 spiro atoms. The lowest BCUT2D eigenvalue weighted by Gasteiger charge is -2.24. The third-order valence-electron chi connectivity index (χ3n) is 5.07. The third kappa shape index (κ3) is 23.5. The summed E-state index contributed by atoms with van der Waals surface area (Å²) in [6.07, 6.45) is -7.79. The van der Waals surface area contributed by atoms with Crippen molar-refractivity contribution in [1.29, 1.82) is 0 Å². The fourth-order valence-electron chi connectivity index (χ4n) is 2.77. The van der Waals surface area contributed by atoms with Gasteiger partial charge in [-0.15, -0.1) is 0 Å². The van der Waals surface area contributed by atoms with Crippen molar-refractivity contribution in [2.75, 3.05) is 106 Å². The molecule has 0 aliphatic carbocycles. The molecule has 7 atom stereocenters. The van der Waals surface area contributed by atoms with Gasteiger partial charge < -0.3 is 84.2 Å². The van der Waals surface area contributed by atoms with Crippen LogP contribution in [0.1, 0.15) is 0 Å². The smallest absolute Gasteiger partial charge is 0.104 e. The Balaban J connectivity index is 4.96. The molecule has 0 aromatic carbocycles. The van der Waals surface area contributed by atoms with Gasteiger partial charge in [0.25, 0.3) is 0 Å². The first-order valence-corrected chi connectivity index (χ1v) is 13.3. The maximum absolute atomic E-state index is 9.65. The minimum atomic E-state index is -1.15. The first kappa shape index (κ1) is 40.3. The molecule has 0 amide bonds. The molecular weight excluding hydrogens is 560 g/mol. The lowest BCUT2D eigenvalue weighted by molar-refractivity contribution is -0.132. The zero-order valence-electron chi connectivity index (χ0n) is 23.3. The van der Waals surface area contributed by atoms with E-state index in [1.807, 2.05) is 0 Å². The maximum atomic E-state index is 9.65. The molecule has 0 aliphatic heterocycles. The average Bonchev–Trinajstić information content (AvgIpc) is 2.99. The first-order valence-electron chi connectivity index (χ1n) is 13.3. The average molecular weight is 611 g/mol. The normalized spacial score (nSPS) is 18.0. The van der Waals surface area contributed by atoms with Crippen LogP contribution in [0.25, 0.3) is 0 Å². The van der Waals surface area contributed by atoms with Gasteiger partial charge in [-0.3, -0.25) is 0 Å². The lowest BCUT2D eigenvalue weighted by atomic mass is 10.3. The molecule has 17 heteroatoms. The zero-order valence-corrected chi connectivity index (χ0v) is 23.3. The molecule has 0 fully saturated rings. The number of hydrogen-bond acceptors (Lipinski definition) is 17. The third-order valence-corrected chi connectivity index (χ3v) is 5.07. The SMILES string of the molecule is OCC(O)COCC(COCC(COCC(COCC(O)CO)OCC(O)CO)OCC(O)CO)OCC(O)CO. The van der Waals surface area contributed by atoms with E-state index in [9.17, 15) is 25.5 Å². The Bertz CT molecular complexity index is 522. The van der Waals surface area contributed by atoms with Crippen LogP contribution in [0.5, 0.6) is 0 Å². The van der Waals surface area contributed by atoms with E-state index in [1.54, 1.807) is 0 Å². The van der Waals surface area contributed by atoms with Crippen molar-refractivity contribution in [3.05, 3.63) is 0 Å². The van der Waals surface area contributed by atoms with E-state index in [-0.39, 0.29) is 72.7 Å². The van der Waals surface area contributed by atoms with Gasteiger partial charge in [-0.25, -0.2) is 0 Å². The molecular formula is C24H50O17. The van der Waals surface area contributed by atoms with Crippen LogP contribution in [-0.2, 0) is 33.2 Å². The first-order chi connectivity index (χ1) is 19.7. The molecule has 41 heavy (non-hydrogen) atoms. The van der Waals surface area contributed by atoms with Crippen LogP contribution in [-0.4, -0.2) is 206 Å². The van der Waals surface area contributed by atoms with Crippen LogP contribution in [0.4, 0.5) is 0 Å². The number of rotatable bonds is 30. The monoisotopic (exact) mass is 610 g/mol. The predicted molar refractivity (Wildman–Crippen MR) is 138 cm³/mol. The van der Waals surface area contributed by atoms with Gasteiger partial charge in [-0.2, -0.15) is 0 Å². The summed E-state index contributed by atoms with van der Waals surface area (Å²) >= 11 is 0. The number of ether oxygens (including phenoxy) is 7. The molecule has 0 saturated heterocycles.